The Bertz CT molecular complexity index is 1380. The van der Waals surface area contributed by atoms with Gasteiger partial charge in [0.1, 0.15) is 5.75 Å². The Balaban J connectivity index is 1.66. The summed E-state index contributed by atoms with van der Waals surface area (Å²) in [6.07, 6.45) is 0.246. The summed E-state index contributed by atoms with van der Waals surface area (Å²) in [6.45, 7) is 1.95. The molecule has 4 N–H and O–H groups in total. The Labute approximate surface area is 213 Å². The quantitative estimate of drug-likeness (QED) is 0.520. The van der Waals surface area contributed by atoms with Gasteiger partial charge in [0, 0.05) is 5.92 Å². The molecule has 3 aliphatic rings. The van der Waals surface area contributed by atoms with Gasteiger partial charge in [-0.1, -0.05) is 35.9 Å². The highest BCUT2D eigenvalue weighted by atomic mass is 16.3. The van der Waals surface area contributed by atoms with E-state index in [9.17, 15) is 34.2 Å². The number of rotatable bonds is 3. The Kier molecular flexibility index (Phi) is 5.69. The molecule has 0 spiro atoms. The van der Waals surface area contributed by atoms with E-state index >= 15 is 0 Å². The van der Waals surface area contributed by atoms with Crippen LogP contribution in [0.15, 0.2) is 36.4 Å². The maximum Gasteiger partial charge on any atom is 0.235 e. The number of phenols is 1. The maximum absolute atomic E-state index is 13.8. The summed E-state index contributed by atoms with van der Waals surface area (Å²) in [5.74, 6) is -10.4. The fourth-order valence-electron chi connectivity index (χ4n) is 6.61. The molecule has 9 nitrogen and oxygen atoms in total. The van der Waals surface area contributed by atoms with E-state index in [1.54, 1.807) is 20.2 Å². The smallest absolute Gasteiger partial charge is 0.235 e. The normalized spacial score (nSPS) is 31.1. The van der Waals surface area contributed by atoms with Gasteiger partial charge in [0.15, 0.2) is 34.7 Å². The number of carbonyl (C=O) groups is 5. The maximum atomic E-state index is 13.8. The number of aromatic hydroxyl groups is 1. The molecule has 5 rings (SSSR count). The number of carbonyl (C=O) groups excluding carboxylic acids is 5. The summed E-state index contributed by atoms with van der Waals surface area (Å²) in [5.41, 5.74) is 5.82. The molecule has 9 heteroatoms. The van der Waals surface area contributed by atoms with Crippen LogP contribution >= 0.6 is 0 Å². The molecule has 0 saturated heterocycles. The highest BCUT2D eigenvalue weighted by Gasteiger charge is 2.69. The number of amides is 1. The van der Waals surface area contributed by atoms with Crippen LogP contribution in [0, 0.1) is 30.6 Å². The van der Waals surface area contributed by atoms with Crippen molar-refractivity contribution in [2.75, 3.05) is 14.1 Å². The van der Waals surface area contributed by atoms with Gasteiger partial charge < -0.3 is 15.9 Å². The molecule has 4 unspecified atom stereocenters. The van der Waals surface area contributed by atoms with Crippen molar-refractivity contribution in [1.82, 2.24) is 4.90 Å². The Morgan fingerprint density at radius 1 is 1.03 bits per heavy atom. The number of hydrogen-bond acceptors (Lipinski definition) is 8. The minimum Gasteiger partial charge on any atom is -0.507 e. The first-order valence-electron chi connectivity index (χ1n) is 12.2. The molecular formula is C28H28N2O7. The van der Waals surface area contributed by atoms with Gasteiger partial charge in [-0.3, -0.25) is 28.9 Å². The molecule has 0 bridgehead atoms. The Morgan fingerprint density at radius 3 is 2.27 bits per heavy atom. The van der Waals surface area contributed by atoms with Gasteiger partial charge in [-0.15, -0.1) is 0 Å². The lowest BCUT2D eigenvalue weighted by molar-refractivity contribution is -0.181. The molecule has 3 aliphatic carbocycles. The standard InChI is InChI=1S/C28H28N2O7/c1-12-4-6-13(7-5-12)15-8-9-18(31)20-16(15)10-14-11-17-22(30(2)3)24(33)21(27(29)36)26(35)28(17,37)25(34)19(14)23(20)32/h4-9,14,17,19,21-22,31,37H,10-11H2,1-3H3,(H2,29,36)/t14?,17?,19?,21?,22-,28-/m0/s1. The third kappa shape index (κ3) is 3.41. The average molecular weight is 505 g/mol. The van der Waals surface area contributed by atoms with Gasteiger partial charge >= 0.3 is 0 Å². The highest BCUT2D eigenvalue weighted by molar-refractivity contribution is 6.32. The lowest BCUT2D eigenvalue weighted by atomic mass is 9.52. The van der Waals surface area contributed by atoms with Crippen LogP contribution < -0.4 is 5.73 Å². The molecule has 0 heterocycles. The predicted octanol–water partition coefficient (Wildman–Crippen LogP) is 0.842. The van der Waals surface area contributed by atoms with Crippen molar-refractivity contribution in [3.8, 4) is 16.9 Å². The second-order valence-electron chi connectivity index (χ2n) is 10.6. The van der Waals surface area contributed by atoms with Crippen molar-refractivity contribution < 1.29 is 34.2 Å². The predicted molar refractivity (Wildman–Crippen MR) is 132 cm³/mol. The van der Waals surface area contributed by atoms with Crippen LogP contribution in [0.5, 0.6) is 5.75 Å². The summed E-state index contributed by atoms with van der Waals surface area (Å²) in [5, 5.41) is 22.3. The average Bonchev–Trinajstić information content (AvgIpc) is 2.82. The summed E-state index contributed by atoms with van der Waals surface area (Å²) < 4.78 is 0. The molecule has 37 heavy (non-hydrogen) atoms. The number of aryl methyl sites for hydroxylation is 1. The fraction of sp³-hybridized carbons (Fsp3) is 0.393. The van der Waals surface area contributed by atoms with Gasteiger partial charge in [0.2, 0.25) is 5.91 Å². The van der Waals surface area contributed by atoms with Crippen molar-refractivity contribution in [2.45, 2.75) is 31.4 Å². The van der Waals surface area contributed by atoms with Crippen LogP contribution in [0.2, 0.25) is 0 Å². The molecule has 192 valence electrons. The number of benzene rings is 2. The molecule has 2 aromatic rings. The Morgan fingerprint density at radius 2 is 1.68 bits per heavy atom. The van der Waals surface area contributed by atoms with Crippen molar-refractivity contribution >= 4 is 29.0 Å². The number of phenolic OH excluding ortho intramolecular Hbond substituents is 1. The van der Waals surface area contributed by atoms with Gasteiger partial charge in [0.25, 0.3) is 0 Å². The van der Waals surface area contributed by atoms with E-state index < -0.39 is 64.4 Å². The van der Waals surface area contributed by atoms with Crippen LogP contribution in [0.3, 0.4) is 0 Å². The monoisotopic (exact) mass is 504 g/mol. The number of primary amides is 1. The van der Waals surface area contributed by atoms with Crippen LogP contribution in [0.1, 0.15) is 27.9 Å². The van der Waals surface area contributed by atoms with Crippen LogP contribution in [-0.2, 0) is 25.6 Å². The molecule has 2 saturated carbocycles. The third-order valence-electron chi connectivity index (χ3n) is 8.31. The lowest BCUT2D eigenvalue weighted by Gasteiger charge is -2.52. The number of nitrogens with zero attached hydrogens (tertiary/aromatic N) is 1. The first-order valence-corrected chi connectivity index (χ1v) is 12.2. The molecule has 2 aromatic carbocycles. The van der Waals surface area contributed by atoms with E-state index in [1.165, 1.54) is 11.0 Å². The first-order chi connectivity index (χ1) is 17.4. The molecular weight excluding hydrogens is 476 g/mol. The topological polar surface area (TPSA) is 155 Å². The van der Waals surface area contributed by atoms with E-state index in [2.05, 4.69) is 0 Å². The van der Waals surface area contributed by atoms with Crippen LogP contribution in [0.25, 0.3) is 11.1 Å². The number of ketones is 4. The van der Waals surface area contributed by atoms with E-state index in [4.69, 9.17) is 5.73 Å². The van der Waals surface area contributed by atoms with E-state index in [-0.39, 0.29) is 24.2 Å². The third-order valence-corrected chi connectivity index (χ3v) is 8.31. The van der Waals surface area contributed by atoms with Gasteiger partial charge in [-0.25, -0.2) is 0 Å². The molecule has 1 amide bonds. The largest absolute Gasteiger partial charge is 0.507 e. The van der Waals surface area contributed by atoms with Crippen molar-refractivity contribution in [2.24, 2.45) is 29.4 Å². The molecule has 0 aromatic heterocycles. The number of hydrogen-bond donors (Lipinski definition) is 3. The van der Waals surface area contributed by atoms with E-state index in [0.29, 0.717) is 5.56 Å². The van der Waals surface area contributed by atoms with Crippen molar-refractivity contribution in [3.63, 3.8) is 0 Å². The zero-order valence-corrected chi connectivity index (χ0v) is 20.7. The van der Waals surface area contributed by atoms with Crippen LogP contribution in [-0.4, -0.2) is 69.9 Å². The summed E-state index contributed by atoms with van der Waals surface area (Å²) in [7, 11) is 3.12. The van der Waals surface area contributed by atoms with Gasteiger partial charge in [-0.2, -0.15) is 0 Å². The van der Waals surface area contributed by atoms with E-state index in [1.807, 2.05) is 31.2 Å². The first kappa shape index (κ1) is 25.0. The second-order valence-corrected chi connectivity index (χ2v) is 10.6. The SMILES string of the molecule is Cc1ccc(-c2ccc(O)c3c2CC2CC4[C@H](N(C)C)C(=O)C(C(N)=O)C(=O)[C@@]4(O)C(=O)C2C3=O)cc1. The minimum atomic E-state index is -2.72. The molecule has 6 atom stereocenters. The molecule has 2 fully saturated rings. The second kappa shape index (κ2) is 8.43. The zero-order chi connectivity index (χ0) is 27.0. The molecule has 0 aliphatic heterocycles. The number of Topliss-reactive ketones (excluding diaryl/α,β-unsaturated/α-hetero) is 4. The number of likely N-dealkylation sites (N-methyl/N-ethyl adjacent to an activating group) is 1. The van der Waals surface area contributed by atoms with Crippen molar-refractivity contribution in [1.29, 1.82) is 0 Å². The summed E-state index contributed by atoms with van der Waals surface area (Å²) >= 11 is 0. The van der Waals surface area contributed by atoms with E-state index in [0.717, 1.165) is 16.7 Å². The zero-order valence-electron chi connectivity index (χ0n) is 20.7. The summed E-state index contributed by atoms with van der Waals surface area (Å²) in [4.78, 5) is 67.6. The lowest BCUT2D eigenvalue weighted by Crippen LogP contribution is -2.74. The van der Waals surface area contributed by atoms with Crippen molar-refractivity contribution in [3.05, 3.63) is 53.1 Å². The Hall–Kier alpha value is -3.69. The summed E-state index contributed by atoms with van der Waals surface area (Å²) in [6, 6.07) is 9.68. The highest BCUT2D eigenvalue weighted by Crippen LogP contribution is 2.51. The van der Waals surface area contributed by atoms with Crippen LogP contribution in [0.4, 0.5) is 0 Å². The van der Waals surface area contributed by atoms with Gasteiger partial charge in [-0.05, 0) is 62.5 Å². The number of nitrogens with two attached hydrogens (primary N) is 1. The molecule has 0 radical (unpaired) electrons. The fourth-order valence-corrected chi connectivity index (χ4v) is 6.61. The minimum absolute atomic E-state index is 0.00956. The van der Waals surface area contributed by atoms with Gasteiger partial charge in [0.05, 0.1) is 17.5 Å². The number of fused-ring (bicyclic) bond motifs is 3. The number of aliphatic hydroxyl groups is 1.